The number of hydrogen-bond acceptors (Lipinski definition) is 0. The molecule has 4 aliphatic carbocycles. The number of allylic oxidation sites excluding steroid dienone is 2. The first-order valence-electron chi connectivity index (χ1n) is 12.5. The second kappa shape index (κ2) is 7.53. The average molecular weight is 371 g/mol. The average Bonchev–Trinajstić information content (AvgIpc) is 2.98. The highest BCUT2D eigenvalue weighted by molar-refractivity contribution is 5.09. The summed E-state index contributed by atoms with van der Waals surface area (Å²) in [4.78, 5) is 0. The van der Waals surface area contributed by atoms with E-state index < -0.39 is 0 Å². The lowest BCUT2D eigenvalue weighted by Gasteiger charge is -2.61. The van der Waals surface area contributed by atoms with E-state index in [0.29, 0.717) is 16.7 Å². The minimum Gasteiger partial charge on any atom is -0.0880 e. The highest BCUT2D eigenvalue weighted by atomic mass is 14.6. The lowest BCUT2D eigenvalue weighted by Crippen LogP contribution is -2.53. The Balaban J connectivity index is 1.49. The highest BCUT2D eigenvalue weighted by Crippen LogP contribution is 2.68. The van der Waals surface area contributed by atoms with Gasteiger partial charge in [0.15, 0.2) is 0 Å². The van der Waals surface area contributed by atoms with Gasteiger partial charge in [-0.25, -0.2) is 0 Å². The summed E-state index contributed by atoms with van der Waals surface area (Å²) in [5.41, 5.74) is 1.34. The normalized spacial score (nSPS) is 48.3. The van der Waals surface area contributed by atoms with Crippen LogP contribution in [-0.4, -0.2) is 0 Å². The highest BCUT2D eigenvalue weighted by Gasteiger charge is 2.59. The molecule has 4 fully saturated rings. The summed E-state index contributed by atoms with van der Waals surface area (Å²) < 4.78 is 0. The van der Waals surface area contributed by atoms with E-state index in [0.717, 1.165) is 35.5 Å². The zero-order valence-corrected chi connectivity index (χ0v) is 19.0. The van der Waals surface area contributed by atoms with Crippen molar-refractivity contribution in [3.05, 3.63) is 12.2 Å². The van der Waals surface area contributed by atoms with E-state index in [-0.39, 0.29) is 0 Å². The standard InChI is InChI=1S/C27H46/c1-19(2)9-8-10-20(3)23-14-15-24-22-13-12-21-11-6-7-17-26(21,4)25(22)16-18-27(23,24)5/h8-9,19-25H,6-7,10-18H2,1-5H3/t20-,21?,22+,23-,24+,25+,26+,27-/m1/s1. The first-order valence-corrected chi connectivity index (χ1v) is 12.5. The molecule has 1 unspecified atom stereocenters. The van der Waals surface area contributed by atoms with Crippen molar-refractivity contribution >= 4 is 0 Å². The second-order valence-corrected chi connectivity index (χ2v) is 12.0. The molecule has 0 heterocycles. The van der Waals surface area contributed by atoms with Crippen LogP contribution in [0.3, 0.4) is 0 Å². The van der Waals surface area contributed by atoms with Crippen LogP contribution in [0, 0.1) is 52.3 Å². The summed E-state index contributed by atoms with van der Waals surface area (Å²) in [6, 6.07) is 0. The fourth-order valence-electron chi connectivity index (χ4n) is 9.00. The lowest BCUT2D eigenvalue weighted by atomic mass is 9.44. The van der Waals surface area contributed by atoms with Gasteiger partial charge >= 0.3 is 0 Å². The van der Waals surface area contributed by atoms with Crippen LogP contribution < -0.4 is 0 Å². The molecule has 0 saturated heterocycles. The van der Waals surface area contributed by atoms with E-state index in [4.69, 9.17) is 0 Å². The van der Waals surface area contributed by atoms with Gasteiger partial charge in [-0.3, -0.25) is 0 Å². The molecule has 0 aromatic rings. The van der Waals surface area contributed by atoms with E-state index in [1.54, 1.807) is 38.5 Å². The molecular weight excluding hydrogens is 324 g/mol. The molecule has 4 aliphatic rings. The molecule has 0 spiro atoms. The molecule has 0 aromatic heterocycles. The molecule has 4 rings (SSSR count). The van der Waals surface area contributed by atoms with E-state index >= 15 is 0 Å². The summed E-state index contributed by atoms with van der Waals surface area (Å²) in [5.74, 6) is 6.76. The van der Waals surface area contributed by atoms with Crippen LogP contribution in [0.5, 0.6) is 0 Å². The van der Waals surface area contributed by atoms with Crippen LogP contribution in [0.25, 0.3) is 0 Å². The Morgan fingerprint density at radius 1 is 0.815 bits per heavy atom. The Labute approximate surface area is 170 Å². The maximum absolute atomic E-state index is 2.73. The van der Waals surface area contributed by atoms with Gasteiger partial charge in [0, 0.05) is 0 Å². The number of rotatable bonds is 4. The molecule has 0 N–H and O–H groups in total. The molecule has 0 aromatic carbocycles. The summed E-state index contributed by atoms with van der Waals surface area (Å²) in [6.45, 7) is 12.6. The van der Waals surface area contributed by atoms with Gasteiger partial charge in [0.05, 0.1) is 0 Å². The van der Waals surface area contributed by atoms with Gasteiger partial charge in [-0.1, -0.05) is 59.6 Å². The third kappa shape index (κ3) is 3.36. The molecule has 4 saturated carbocycles. The Morgan fingerprint density at radius 3 is 2.37 bits per heavy atom. The van der Waals surface area contributed by atoms with Gasteiger partial charge in [0.1, 0.15) is 0 Å². The molecule has 8 atom stereocenters. The van der Waals surface area contributed by atoms with E-state index in [9.17, 15) is 0 Å². The molecule has 0 nitrogen and oxygen atoms in total. The van der Waals surface area contributed by atoms with Crippen LogP contribution in [0.4, 0.5) is 0 Å². The van der Waals surface area contributed by atoms with Gasteiger partial charge in [-0.2, -0.15) is 0 Å². The van der Waals surface area contributed by atoms with Gasteiger partial charge in [0.2, 0.25) is 0 Å². The van der Waals surface area contributed by atoms with Crippen molar-refractivity contribution in [1.82, 2.24) is 0 Å². The number of fused-ring (bicyclic) bond motifs is 5. The monoisotopic (exact) mass is 370 g/mol. The van der Waals surface area contributed by atoms with Crippen LogP contribution in [0.15, 0.2) is 12.2 Å². The topological polar surface area (TPSA) is 0 Å². The van der Waals surface area contributed by atoms with E-state index in [1.807, 2.05) is 0 Å². The smallest absolute Gasteiger partial charge is 0.0264 e. The molecule has 0 amide bonds. The minimum atomic E-state index is 0.643. The van der Waals surface area contributed by atoms with E-state index in [1.165, 1.54) is 32.1 Å². The Hall–Kier alpha value is -0.260. The maximum atomic E-state index is 2.73. The SMILES string of the molecule is CC(C)C=CC[C@@H](C)[C@H]1CC[C@H]2[C@@H]3CCC4CCCC[C@]4(C)[C@H]3CC[C@]12C. The third-order valence-corrected chi connectivity index (χ3v) is 10.4. The molecule has 0 bridgehead atoms. The van der Waals surface area contributed by atoms with Crippen molar-refractivity contribution in [3.8, 4) is 0 Å². The predicted octanol–water partition coefficient (Wildman–Crippen LogP) is 8.27. The minimum absolute atomic E-state index is 0.643. The first-order chi connectivity index (χ1) is 12.9. The fourth-order valence-corrected chi connectivity index (χ4v) is 9.00. The van der Waals surface area contributed by atoms with Crippen molar-refractivity contribution in [3.63, 3.8) is 0 Å². The van der Waals surface area contributed by atoms with Crippen molar-refractivity contribution < 1.29 is 0 Å². The van der Waals surface area contributed by atoms with Crippen molar-refractivity contribution in [2.24, 2.45) is 52.3 Å². The molecule has 0 heteroatoms. The van der Waals surface area contributed by atoms with Crippen LogP contribution in [0.2, 0.25) is 0 Å². The van der Waals surface area contributed by atoms with Gasteiger partial charge in [-0.15, -0.1) is 0 Å². The van der Waals surface area contributed by atoms with Crippen LogP contribution in [0.1, 0.15) is 105 Å². The summed E-state index contributed by atoms with van der Waals surface area (Å²) in [6.07, 6.45) is 21.6. The largest absolute Gasteiger partial charge is 0.0880 e. The third-order valence-electron chi connectivity index (χ3n) is 10.4. The summed E-state index contributed by atoms with van der Waals surface area (Å²) in [7, 11) is 0. The van der Waals surface area contributed by atoms with E-state index in [2.05, 4.69) is 46.8 Å². The summed E-state index contributed by atoms with van der Waals surface area (Å²) >= 11 is 0. The quantitative estimate of drug-likeness (QED) is 0.437. The predicted molar refractivity (Wildman–Crippen MR) is 118 cm³/mol. The fraction of sp³-hybridized carbons (Fsp3) is 0.926. The Kier molecular flexibility index (Phi) is 5.59. The summed E-state index contributed by atoms with van der Waals surface area (Å²) in [5, 5.41) is 0. The molecular formula is C27H46. The maximum Gasteiger partial charge on any atom is -0.0264 e. The van der Waals surface area contributed by atoms with Crippen molar-refractivity contribution in [2.45, 2.75) is 105 Å². The Bertz CT molecular complexity index is 544. The lowest BCUT2D eigenvalue weighted by molar-refractivity contribution is -0.114. The van der Waals surface area contributed by atoms with Crippen molar-refractivity contribution in [2.75, 3.05) is 0 Å². The van der Waals surface area contributed by atoms with Gasteiger partial charge < -0.3 is 0 Å². The zero-order valence-electron chi connectivity index (χ0n) is 19.0. The first kappa shape index (κ1) is 20.0. The second-order valence-electron chi connectivity index (χ2n) is 12.0. The number of hydrogen-bond donors (Lipinski definition) is 0. The molecule has 27 heavy (non-hydrogen) atoms. The van der Waals surface area contributed by atoms with Gasteiger partial charge in [-0.05, 0) is 110 Å². The van der Waals surface area contributed by atoms with Crippen molar-refractivity contribution in [1.29, 1.82) is 0 Å². The zero-order chi connectivity index (χ0) is 19.2. The molecule has 0 radical (unpaired) electrons. The Morgan fingerprint density at radius 2 is 1.59 bits per heavy atom. The molecule has 0 aliphatic heterocycles. The molecule has 154 valence electrons. The van der Waals surface area contributed by atoms with Crippen LogP contribution >= 0.6 is 0 Å². The van der Waals surface area contributed by atoms with Crippen LogP contribution in [-0.2, 0) is 0 Å². The van der Waals surface area contributed by atoms with Gasteiger partial charge in [0.25, 0.3) is 0 Å².